The number of carbonyl (C=O) groups excluding carboxylic acids is 6. The van der Waals surface area contributed by atoms with Crippen molar-refractivity contribution in [2.45, 2.75) is 96.4 Å². The Labute approximate surface area is 307 Å². The number of nitrogens with one attached hydrogen (secondary N) is 2. The molecule has 1 aliphatic carbocycles. The zero-order valence-electron chi connectivity index (χ0n) is 30.8. The van der Waals surface area contributed by atoms with E-state index in [4.69, 9.17) is 14.2 Å². The maximum atomic E-state index is 14.4. The van der Waals surface area contributed by atoms with Crippen LogP contribution in [0.4, 0.5) is 9.18 Å². The third-order valence-electron chi connectivity index (χ3n) is 9.42. The first-order chi connectivity index (χ1) is 25.2. The smallest absolute Gasteiger partial charge is 0.409 e. The number of amides is 5. The number of pyridine rings is 1. The van der Waals surface area contributed by atoms with Crippen molar-refractivity contribution in [3.05, 3.63) is 35.8 Å². The highest BCUT2D eigenvalue weighted by Gasteiger charge is 2.36. The lowest BCUT2D eigenvalue weighted by atomic mass is 9.93. The van der Waals surface area contributed by atoms with Crippen molar-refractivity contribution in [2.75, 3.05) is 45.9 Å². The zero-order valence-corrected chi connectivity index (χ0v) is 30.8. The second-order valence-corrected chi connectivity index (χ2v) is 14.5. The molecule has 3 fully saturated rings. The normalized spacial score (nSPS) is 18.2. The molecule has 2 N–H and O–H groups in total. The topological polar surface area (TPSA) is 177 Å². The third kappa shape index (κ3) is 10.3. The van der Waals surface area contributed by atoms with Gasteiger partial charge in [0, 0.05) is 62.7 Å². The van der Waals surface area contributed by atoms with Gasteiger partial charge in [-0.15, -0.1) is 0 Å². The van der Waals surface area contributed by atoms with Crippen LogP contribution in [0.5, 0.6) is 5.75 Å². The molecular weight excluding hydrogens is 691 g/mol. The van der Waals surface area contributed by atoms with Crippen LogP contribution in [-0.2, 0) is 28.7 Å². The molecule has 2 aromatic rings. The maximum absolute atomic E-state index is 14.4. The van der Waals surface area contributed by atoms with Gasteiger partial charge in [-0.05, 0) is 78.4 Å². The van der Waals surface area contributed by atoms with Crippen molar-refractivity contribution in [2.24, 2.45) is 0 Å². The van der Waals surface area contributed by atoms with Gasteiger partial charge in [-0.1, -0.05) is 0 Å². The number of carbonyl (C=O) groups is 6. The van der Waals surface area contributed by atoms with Crippen LogP contribution in [-0.4, -0.2) is 125 Å². The monoisotopic (exact) mass is 740 g/mol. The molecule has 0 spiro atoms. The molecule has 1 aromatic carbocycles. The average molecular weight is 741 g/mol. The standard InChI is InChI=1S/C37H49FN6O9/c1-5-51-36(50)43-18-16-42(17-19-43)35(49)26(13-14-32(46)53-37(2,3)4)41-33(47)28-21-30(25-12-11-23(38)20-27(25)40-28)52-22-31(45)44-15-7-10-29(44)34(48)39-24-8-6-9-24/h11-12,20-21,24,26,29H,5-10,13-19,22H2,1-4H3,(H,39,48)(H,41,47)/t26-,29-/m0/s1. The van der Waals surface area contributed by atoms with Crippen molar-refractivity contribution in [1.82, 2.24) is 30.3 Å². The van der Waals surface area contributed by atoms with E-state index < -0.39 is 59.9 Å². The fourth-order valence-corrected chi connectivity index (χ4v) is 6.50. The summed E-state index contributed by atoms with van der Waals surface area (Å²) in [4.78, 5) is 87.5. The molecule has 15 nitrogen and oxygen atoms in total. The van der Waals surface area contributed by atoms with E-state index in [1.165, 1.54) is 32.9 Å². The number of aromatic nitrogens is 1. The van der Waals surface area contributed by atoms with Crippen LogP contribution in [0.2, 0.25) is 0 Å². The minimum atomic E-state index is -1.18. The van der Waals surface area contributed by atoms with Crippen molar-refractivity contribution < 1.29 is 47.4 Å². The largest absolute Gasteiger partial charge is 0.483 e. The molecule has 53 heavy (non-hydrogen) atoms. The number of piperazine rings is 1. The number of benzene rings is 1. The van der Waals surface area contributed by atoms with Gasteiger partial charge in [0.15, 0.2) is 6.61 Å². The number of likely N-dealkylation sites (tertiary alicyclic amines) is 1. The number of fused-ring (bicyclic) bond motifs is 1. The quantitative estimate of drug-likeness (QED) is 0.308. The van der Waals surface area contributed by atoms with Crippen molar-refractivity contribution in [3.63, 3.8) is 0 Å². The molecule has 1 saturated carbocycles. The van der Waals surface area contributed by atoms with Gasteiger partial charge in [-0.2, -0.15) is 0 Å². The second kappa shape index (κ2) is 17.2. The highest BCUT2D eigenvalue weighted by Crippen LogP contribution is 2.28. The minimum Gasteiger partial charge on any atom is -0.483 e. The van der Waals surface area contributed by atoms with E-state index in [9.17, 15) is 33.2 Å². The summed E-state index contributed by atoms with van der Waals surface area (Å²) in [6, 6.07) is 3.41. The van der Waals surface area contributed by atoms with Crippen LogP contribution in [0.1, 0.15) is 83.1 Å². The van der Waals surface area contributed by atoms with Gasteiger partial charge in [-0.3, -0.25) is 24.0 Å². The highest BCUT2D eigenvalue weighted by atomic mass is 19.1. The Morgan fingerprint density at radius 1 is 0.962 bits per heavy atom. The van der Waals surface area contributed by atoms with E-state index in [-0.39, 0.29) is 74.5 Å². The Bertz CT molecular complexity index is 1700. The van der Waals surface area contributed by atoms with Gasteiger partial charge in [0.25, 0.3) is 11.8 Å². The highest BCUT2D eigenvalue weighted by molar-refractivity contribution is 5.99. The molecule has 1 aromatic heterocycles. The lowest BCUT2D eigenvalue weighted by Gasteiger charge is -2.36. The number of ether oxygens (including phenoxy) is 3. The molecule has 3 heterocycles. The first-order valence-electron chi connectivity index (χ1n) is 18.3. The van der Waals surface area contributed by atoms with Crippen LogP contribution >= 0.6 is 0 Å². The van der Waals surface area contributed by atoms with Crippen molar-refractivity contribution in [1.29, 1.82) is 0 Å². The molecule has 2 atom stereocenters. The molecule has 0 bridgehead atoms. The SMILES string of the molecule is CCOC(=O)N1CCN(C(=O)[C@H](CCC(=O)OC(C)(C)C)NC(=O)c2cc(OCC(=O)N3CCC[C@H]3C(=O)NC3CCC3)c3ccc(F)cc3n2)CC1. The Hall–Kier alpha value is -5.02. The van der Waals surface area contributed by atoms with Crippen LogP contribution in [0.3, 0.4) is 0 Å². The molecule has 0 radical (unpaired) electrons. The fourth-order valence-electron chi connectivity index (χ4n) is 6.50. The lowest BCUT2D eigenvalue weighted by Crippen LogP contribution is -2.56. The van der Waals surface area contributed by atoms with Gasteiger partial charge >= 0.3 is 12.1 Å². The number of halogens is 1. The summed E-state index contributed by atoms with van der Waals surface area (Å²) in [6.45, 7) is 7.82. The molecule has 288 valence electrons. The van der Waals surface area contributed by atoms with Crippen LogP contribution in [0.25, 0.3) is 10.9 Å². The number of nitrogens with zero attached hydrogens (tertiary/aromatic N) is 4. The number of hydrogen-bond donors (Lipinski definition) is 2. The Balaban J connectivity index is 1.32. The molecule has 2 aliphatic heterocycles. The molecule has 16 heteroatoms. The first-order valence-corrected chi connectivity index (χ1v) is 18.3. The van der Waals surface area contributed by atoms with E-state index in [1.54, 1.807) is 27.7 Å². The lowest BCUT2D eigenvalue weighted by molar-refractivity contribution is -0.155. The first kappa shape index (κ1) is 39.2. The van der Waals surface area contributed by atoms with Gasteiger partial charge in [0.05, 0.1) is 12.1 Å². The third-order valence-corrected chi connectivity index (χ3v) is 9.42. The second-order valence-electron chi connectivity index (χ2n) is 14.5. The number of esters is 1. The van der Waals surface area contributed by atoms with Crippen LogP contribution in [0, 0.1) is 5.82 Å². The summed E-state index contributed by atoms with van der Waals surface area (Å²) in [5, 5.41) is 6.04. The van der Waals surface area contributed by atoms with Gasteiger partial charge in [0.2, 0.25) is 11.8 Å². The van der Waals surface area contributed by atoms with E-state index in [2.05, 4.69) is 15.6 Å². The predicted octanol–water partition coefficient (Wildman–Crippen LogP) is 2.93. The average Bonchev–Trinajstić information content (AvgIpc) is 3.59. The predicted molar refractivity (Wildman–Crippen MR) is 189 cm³/mol. The minimum absolute atomic E-state index is 0.0748. The Morgan fingerprint density at radius 3 is 2.34 bits per heavy atom. The Kier molecular flexibility index (Phi) is 12.7. The molecule has 5 amide bonds. The molecule has 0 unspecified atom stereocenters. The molecule has 2 saturated heterocycles. The van der Waals surface area contributed by atoms with Gasteiger partial charge in [-0.25, -0.2) is 14.2 Å². The fraction of sp³-hybridized carbons (Fsp3) is 0.595. The molecule has 5 rings (SSSR count). The summed E-state index contributed by atoms with van der Waals surface area (Å²) in [6.07, 6.45) is 3.37. The zero-order chi connectivity index (χ0) is 38.3. The van der Waals surface area contributed by atoms with E-state index in [0.29, 0.717) is 24.8 Å². The van der Waals surface area contributed by atoms with Crippen LogP contribution in [0.15, 0.2) is 24.3 Å². The maximum Gasteiger partial charge on any atom is 0.409 e. The summed E-state index contributed by atoms with van der Waals surface area (Å²) < 4.78 is 30.8. The summed E-state index contributed by atoms with van der Waals surface area (Å²) in [5.41, 5.74) is -0.902. The van der Waals surface area contributed by atoms with E-state index >= 15 is 0 Å². The van der Waals surface area contributed by atoms with Crippen molar-refractivity contribution in [3.8, 4) is 5.75 Å². The summed E-state index contributed by atoms with van der Waals surface area (Å²) in [5.74, 6) is -2.96. The summed E-state index contributed by atoms with van der Waals surface area (Å²) in [7, 11) is 0. The number of rotatable bonds is 12. The summed E-state index contributed by atoms with van der Waals surface area (Å²) >= 11 is 0. The van der Waals surface area contributed by atoms with Gasteiger partial charge in [0.1, 0.15) is 34.9 Å². The van der Waals surface area contributed by atoms with Crippen molar-refractivity contribution >= 4 is 46.6 Å². The van der Waals surface area contributed by atoms with E-state index in [0.717, 1.165) is 25.3 Å². The molecular formula is C37H49FN6O9. The number of hydrogen-bond acceptors (Lipinski definition) is 10. The molecule has 3 aliphatic rings. The van der Waals surface area contributed by atoms with E-state index in [1.807, 2.05) is 0 Å². The Morgan fingerprint density at radius 2 is 1.68 bits per heavy atom. The van der Waals surface area contributed by atoms with Crippen LogP contribution < -0.4 is 15.4 Å². The van der Waals surface area contributed by atoms with Gasteiger partial charge < -0.3 is 39.5 Å².